The second kappa shape index (κ2) is 5.48. The van der Waals surface area contributed by atoms with Gasteiger partial charge in [-0.3, -0.25) is 14.3 Å². The molecule has 0 bridgehead atoms. The Bertz CT molecular complexity index is 547. The van der Waals surface area contributed by atoms with E-state index >= 15 is 0 Å². The predicted molar refractivity (Wildman–Crippen MR) is 76.7 cm³/mol. The minimum atomic E-state index is -0.625. The summed E-state index contributed by atoms with van der Waals surface area (Å²) in [6.07, 6.45) is 3.49. The third kappa shape index (κ3) is 3.07. The van der Waals surface area contributed by atoms with Crippen LogP contribution >= 0.6 is 0 Å². The normalized spacial score (nSPS) is 22.6. The fourth-order valence-electron chi connectivity index (χ4n) is 2.43. The molecule has 1 aliphatic heterocycles. The van der Waals surface area contributed by atoms with Crippen molar-refractivity contribution in [3.8, 4) is 0 Å². The van der Waals surface area contributed by atoms with E-state index in [-0.39, 0.29) is 17.6 Å². The Balaban J connectivity index is 2.22. The van der Waals surface area contributed by atoms with Gasteiger partial charge in [0.25, 0.3) is 5.91 Å². The molecule has 21 heavy (non-hydrogen) atoms. The van der Waals surface area contributed by atoms with Gasteiger partial charge in [0, 0.05) is 26.3 Å². The molecule has 2 amide bonds. The fraction of sp³-hybridized carbons (Fsp3) is 0.643. The molecule has 1 aliphatic rings. The molecule has 1 saturated heterocycles. The lowest BCUT2D eigenvalue weighted by molar-refractivity contribution is -0.121. The smallest absolute Gasteiger partial charge is 0.257 e. The predicted octanol–water partition coefficient (Wildman–Crippen LogP) is 0.353. The summed E-state index contributed by atoms with van der Waals surface area (Å²) in [4.78, 5) is 25.6. The topological polar surface area (TPSA) is 90.4 Å². The molecule has 2 atom stereocenters. The molecular formula is C14H22N4O3. The lowest BCUT2D eigenvalue weighted by atomic mass is 10.1. The first-order valence-corrected chi connectivity index (χ1v) is 6.92. The SMILES string of the molecule is CO[C@H]1C[C@@H](C(N)=O)N(C(=O)c2cnn(C(C)(C)C)c2)C1. The number of hydrogen-bond acceptors (Lipinski definition) is 4. The highest BCUT2D eigenvalue weighted by Crippen LogP contribution is 2.23. The Kier molecular flexibility index (Phi) is 4.04. The van der Waals surface area contributed by atoms with Crippen molar-refractivity contribution in [2.24, 2.45) is 5.73 Å². The Hall–Kier alpha value is -1.89. The quantitative estimate of drug-likeness (QED) is 0.871. The highest BCUT2D eigenvalue weighted by atomic mass is 16.5. The van der Waals surface area contributed by atoms with Gasteiger partial charge in [-0.05, 0) is 20.8 Å². The standard InChI is InChI=1S/C14H22N4O3/c1-14(2,3)18-7-9(6-16-18)13(20)17-8-10(21-4)5-11(17)12(15)19/h6-7,10-11H,5,8H2,1-4H3,(H2,15,19)/t10-,11-/m0/s1. The molecule has 1 fully saturated rings. The zero-order valence-electron chi connectivity index (χ0n) is 12.9. The average molecular weight is 294 g/mol. The molecule has 7 nitrogen and oxygen atoms in total. The van der Waals surface area contributed by atoms with Crippen LogP contribution in [0.4, 0.5) is 0 Å². The number of hydrogen-bond donors (Lipinski definition) is 1. The van der Waals surface area contributed by atoms with E-state index < -0.39 is 11.9 Å². The summed E-state index contributed by atoms with van der Waals surface area (Å²) >= 11 is 0. The minimum Gasteiger partial charge on any atom is -0.380 e. The summed E-state index contributed by atoms with van der Waals surface area (Å²) in [7, 11) is 1.56. The van der Waals surface area contributed by atoms with Gasteiger partial charge in [-0.15, -0.1) is 0 Å². The van der Waals surface area contributed by atoms with E-state index in [1.54, 1.807) is 18.0 Å². The van der Waals surface area contributed by atoms with Gasteiger partial charge in [-0.25, -0.2) is 0 Å². The molecule has 2 rings (SSSR count). The van der Waals surface area contributed by atoms with Crippen molar-refractivity contribution >= 4 is 11.8 Å². The third-order valence-electron chi connectivity index (χ3n) is 3.70. The van der Waals surface area contributed by atoms with Crippen molar-refractivity contribution < 1.29 is 14.3 Å². The van der Waals surface area contributed by atoms with Crippen molar-refractivity contribution in [1.29, 1.82) is 0 Å². The van der Waals surface area contributed by atoms with E-state index in [4.69, 9.17) is 10.5 Å². The Morgan fingerprint density at radius 1 is 1.43 bits per heavy atom. The summed E-state index contributed by atoms with van der Waals surface area (Å²) in [5.41, 5.74) is 5.63. The molecule has 0 aromatic carbocycles. The lowest BCUT2D eigenvalue weighted by Crippen LogP contribution is -2.43. The van der Waals surface area contributed by atoms with Crippen LogP contribution in [0.3, 0.4) is 0 Å². The number of ether oxygens (including phenoxy) is 1. The molecule has 0 radical (unpaired) electrons. The molecule has 1 aromatic heterocycles. The van der Waals surface area contributed by atoms with E-state index in [9.17, 15) is 9.59 Å². The number of primary amides is 1. The Labute approximate surface area is 124 Å². The van der Waals surface area contributed by atoms with Gasteiger partial charge < -0.3 is 15.4 Å². The van der Waals surface area contributed by atoms with E-state index in [1.807, 2.05) is 20.8 Å². The first-order chi connectivity index (χ1) is 9.74. The van der Waals surface area contributed by atoms with E-state index in [0.29, 0.717) is 18.5 Å². The van der Waals surface area contributed by atoms with E-state index in [0.717, 1.165) is 0 Å². The molecule has 2 N–H and O–H groups in total. The van der Waals surface area contributed by atoms with Crippen molar-refractivity contribution in [3.63, 3.8) is 0 Å². The van der Waals surface area contributed by atoms with Crippen LogP contribution < -0.4 is 5.73 Å². The molecule has 0 spiro atoms. The molecule has 7 heteroatoms. The average Bonchev–Trinajstić information content (AvgIpc) is 3.04. The summed E-state index contributed by atoms with van der Waals surface area (Å²) in [5, 5.41) is 4.21. The largest absolute Gasteiger partial charge is 0.380 e. The second-order valence-corrected chi connectivity index (χ2v) is 6.31. The number of carbonyl (C=O) groups excluding carboxylic acids is 2. The summed E-state index contributed by atoms with van der Waals surface area (Å²) in [6.45, 7) is 6.36. The van der Waals surface area contributed by atoms with Crippen molar-refractivity contribution in [2.75, 3.05) is 13.7 Å². The Morgan fingerprint density at radius 3 is 2.57 bits per heavy atom. The van der Waals surface area contributed by atoms with Gasteiger partial charge in [-0.2, -0.15) is 5.10 Å². The third-order valence-corrected chi connectivity index (χ3v) is 3.70. The number of likely N-dealkylation sites (tertiary alicyclic amines) is 1. The second-order valence-electron chi connectivity index (χ2n) is 6.31. The highest BCUT2D eigenvalue weighted by molar-refractivity contribution is 5.97. The maximum atomic E-state index is 12.6. The van der Waals surface area contributed by atoms with Gasteiger partial charge in [0.05, 0.1) is 23.4 Å². The first kappa shape index (κ1) is 15.5. The van der Waals surface area contributed by atoms with Crippen LogP contribution in [0, 0.1) is 0 Å². The maximum Gasteiger partial charge on any atom is 0.257 e. The number of nitrogens with two attached hydrogens (primary N) is 1. The number of aromatic nitrogens is 2. The lowest BCUT2D eigenvalue weighted by Gasteiger charge is -2.21. The van der Waals surface area contributed by atoms with Crippen LogP contribution in [0.1, 0.15) is 37.6 Å². The minimum absolute atomic E-state index is 0.163. The van der Waals surface area contributed by atoms with E-state index in [2.05, 4.69) is 5.10 Å². The van der Waals surface area contributed by atoms with Crippen molar-refractivity contribution in [3.05, 3.63) is 18.0 Å². The van der Waals surface area contributed by atoms with Gasteiger partial charge in [0.15, 0.2) is 0 Å². The van der Waals surface area contributed by atoms with Crippen LogP contribution in [0.2, 0.25) is 0 Å². The number of carbonyl (C=O) groups is 2. The van der Waals surface area contributed by atoms with Crippen LogP contribution in [-0.4, -0.2) is 52.3 Å². The van der Waals surface area contributed by atoms with Gasteiger partial charge in [-0.1, -0.05) is 0 Å². The van der Waals surface area contributed by atoms with Gasteiger partial charge in [0.1, 0.15) is 6.04 Å². The van der Waals surface area contributed by atoms with Crippen LogP contribution in [-0.2, 0) is 15.1 Å². The molecule has 0 unspecified atom stereocenters. The monoisotopic (exact) mass is 294 g/mol. The fourth-order valence-corrected chi connectivity index (χ4v) is 2.43. The molecule has 0 aliphatic carbocycles. The van der Waals surface area contributed by atoms with Crippen molar-refractivity contribution in [1.82, 2.24) is 14.7 Å². The summed E-state index contributed by atoms with van der Waals surface area (Å²) in [6, 6.07) is -0.625. The number of rotatable bonds is 3. The molecule has 2 heterocycles. The molecular weight excluding hydrogens is 272 g/mol. The van der Waals surface area contributed by atoms with Crippen LogP contribution in [0.5, 0.6) is 0 Å². The molecule has 1 aromatic rings. The Morgan fingerprint density at radius 2 is 2.10 bits per heavy atom. The van der Waals surface area contributed by atoms with Crippen LogP contribution in [0.25, 0.3) is 0 Å². The summed E-state index contributed by atoms with van der Waals surface area (Å²) < 4.78 is 6.97. The summed E-state index contributed by atoms with van der Waals surface area (Å²) in [5.74, 6) is -0.750. The molecule has 116 valence electrons. The maximum absolute atomic E-state index is 12.6. The van der Waals surface area contributed by atoms with Gasteiger partial charge in [0.2, 0.25) is 5.91 Å². The first-order valence-electron chi connectivity index (χ1n) is 6.92. The van der Waals surface area contributed by atoms with E-state index in [1.165, 1.54) is 11.1 Å². The number of amides is 2. The molecule has 0 saturated carbocycles. The zero-order chi connectivity index (χ0) is 15.8. The zero-order valence-corrected chi connectivity index (χ0v) is 12.9. The van der Waals surface area contributed by atoms with Crippen molar-refractivity contribution in [2.45, 2.75) is 44.9 Å². The highest BCUT2D eigenvalue weighted by Gasteiger charge is 2.39. The number of methoxy groups -OCH3 is 1. The number of nitrogens with zero attached hydrogens (tertiary/aromatic N) is 3. The van der Waals surface area contributed by atoms with Gasteiger partial charge >= 0.3 is 0 Å². The van der Waals surface area contributed by atoms with Crippen LogP contribution in [0.15, 0.2) is 12.4 Å².